The van der Waals surface area contributed by atoms with Crippen LogP contribution in [0.15, 0.2) is 97.5 Å². The second-order valence-corrected chi connectivity index (χ2v) is 7.69. The molecule has 0 bridgehead atoms. The van der Waals surface area contributed by atoms with E-state index in [0.717, 1.165) is 47.4 Å². The van der Waals surface area contributed by atoms with Crippen molar-refractivity contribution in [2.24, 2.45) is 0 Å². The van der Waals surface area contributed by atoms with E-state index in [0.29, 0.717) is 11.6 Å². The number of anilines is 3. The topological polar surface area (TPSA) is 75.6 Å². The van der Waals surface area contributed by atoms with Crippen molar-refractivity contribution in [3.63, 3.8) is 0 Å². The van der Waals surface area contributed by atoms with Gasteiger partial charge in [0.05, 0.1) is 0 Å². The Balaban J connectivity index is 1.47. The van der Waals surface area contributed by atoms with Crippen molar-refractivity contribution in [2.45, 2.75) is 12.8 Å². The summed E-state index contributed by atoms with van der Waals surface area (Å²) in [7, 11) is 0. The predicted molar refractivity (Wildman–Crippen MR) is 134 cm³/mol. The number of aryl methyl sites for hydroxylation is 1. The SMILES string of the molecule is c1ccc(CCCNc2nc(-c3ccncc3)nc3c(Nc4ccccc4)nccc23)cc1. The second kappa shape index (κ2) is 9.87. The first kappa shape index (κ1) is 20.6. The highest BCUT2D eigenvalue weighted by molar-refractivity contribution is 5.97. The lowest BCUT2D eigenvalue weighted by atomic mass is 10.1. The third-order valence-corrected chi connectivity index (χ3v) is 5.37. The molecule has 0 spiro atoms. The molecule has 0 aliphatic carbocycles. The molecule has 0 unspecified atom stereocenters. The number of rotatable bonds is 8. The zero-order valence-electron chi connectivity index (χ0n) is 18.1. The van der Waals surface area contributed by atoms with E-state index in [2.05, 4.69) is 44.9 Å². The summed E-state index contributed by atoms with van der Waals surface area (Å²) in [4.78, 5) is 18.4. The first-order valence-corrected chi connectivity index (χ1v) is 11.0. The Bertz CT molecular complexity index is 1320. The second-order valence-electron chi connectivity index (χ2n) is 7.69. The number of hydrogen-bond donors (Lipinski definition) is 2. The van der Waals surface area contributed by atoms with Gasteiger partial charge in [-0.15, -0.1) is 0 Å². The summed E-state index contributed by atoms with van der Waals surface area (Å²) in [6, 6.07) is 26.3. The van der Waals surface area contributed by atoms with Crippen molar-refractivity contribution in [3.8, 4) is 11.4 Å². The van der Waals surface area contributed by atoms with E-state index in [4.69, 9.17) is 9.97 Å². The molecule has 0 aliphatic heterocycles. The van der Waals surface area contributed by atoms with Crippen LogP contribution in [0, 0.1) is 0 Å². The summed E-state index contributed by atoms with van der Waals surface area (Å²) >= 11 is 0. The summed E-state index contributed by atoms with van der Waals surface area (Å²) in [5.74, 6) is 2.14. The molecule has 6 heteroatoms. The molecule has 0 amide bonds. The van der Waals surface area contributed by atoms with Gasteiger partial charge in [-0.2, -0.15) is 0 Å². The molecule has 2 N–H and O–H groups in total. The van der Waals surface area contributed by atoms with E-state index >= 15 is 0 Å². The average molecular weight is 433 g/mol. The highest BCUT2D eigenvalue weighted by Crippen LogP contribution is 2.29. The summed E-state index contributed by atoms with van der Waals surface area (Å²) in [5.41, 5.74) is 3.98. The van der Waals surface area contributed by atoms with Crippen LogP contribution in [0.4, 0.5) is 17.3 Å². The number of pyridine rings is 2. The van der Waals surface area contributed by atoms with E-state index in [1.54, 1.807) is 18.6 Å². The molecule has 0 aliphatic rings. The largest absolute Gasteiger partial charge is 0.369 e. The summed E-state index contributed by atoms with van der Waals surface area (Å²) in [5, 5.41) is 7.87. The quantitative estimate of drug-likeness (QED) is 0.299. The van der Waals surface area contributed by atoms with Crippen LogP contribution in [-0.4, -0.2) is 26.5 Å². The molecule has 0 saturated carbocycles. The van der Waals surface area contributed by atoms with Crippen LogP contribution in [0.2, 0.25) is 0 Å². The number of benzene rings is 2. The molecule has 3 heterocycles. The minimum atomic E-state index is 0.638. The van der Waals surface area contributed by atoms with Gasteiger partial charge >= 0.3 is 0 Å². The number of aromatic nitrogens is 4. The van der Waals surface area contributed by atoms with Gasteiger partial charge in [0, 0.05) is 41.8 Å². The van der Waals surface area contributed by atoms with Crippen LogP contribution in [0.5, 0.6) is 0 Å². The smallest absolute Gasteiger partial charge is 0.162 e. The summed E-state index contributed by atoms with van der Waals surface area (Å²) in [6.45, 7) is 0.806. The van der Waals surface area contributed by atoms with E-state index in [1.807, 2.05) is 54.6 Å². The number of nitrogens with one attached hydrogen (secondary N) is 2. The first-order chi connectivity index (χ1) is 16.4. The van der Waals surface area contributed by atoms with E-state index in [-0.39, 0.29) is 0 Å². The minimum absolute atomic E-state index is 0.638. The van der Waals surface area contributed by atoms with Crippen LogP contribution in [-0.2, 0) is 6.42 Å². The first-order valence-electron chi connectivity index (χ1n) is 11.0. The molecule has 2 aromatic carbocycles. The molecule has 3 aromatic heterocycles. The summed E-state index contributed by atoms with van der Waals surface area (Å²) < 4.78 is 0. The van der Waals surface area contributed by atoms with Crippen LogP contribution in [0.3, 0.4) is 0 Å². The third kappa shape index (κ3) is 4.96. The Morgan fingerprint density at radius 1 is 0.697 bits per heavy atom. The summed E-state index contributed by atoms with van der Waals surface area (Å²) in [6.07, 6.45) is 7.30. The van der Waals surface area contributed by atoms with Crippen molar-refractivity contribution in [2.75, 3.05) is 17.2 Å². The van der Waals surface area contributed by atoms with Gasteiger partial charge in [0.1, 0.15) is 11.3 Å². The predicted octanol–water partition coefficient (Wildman–Crippen LogP) is 5.88. The average Bonchev–Trinajstić information content (AvgIpc) is 2.88. The molecular formula is C27H24N6. The van der Waals surface area contributed by atoms with Gasteiger partial charge in [-0.1, -0.05) is 48.5 Å². The minimum Gasteiger partial charge on any atom is -0.369 e. The van der Waals surface area contributed by atoms with Gasteiger partial charge in [0.25, 0.3) is 0 Å². The molecule has 0 atom stereocenters. The van der Waals surface area contributed by atoms with Gasteiger partial charge in [0.2, 0.25) is 0 Å². The maximum Gasteiger partial charge on any atom is 0.162 e. The Morgan fingerprint density at radius 3 is 2.24 bits per heavy atom. The van der Waals surface area contributed by atoms with Crippen molar-refractivity contribution in [1.29, 1.82) is 0 Å². The Hall–Kier alpha value is -4.32. The van der Waals surface area contributed by atoms with Gasteiger partial charge in [0.15, 0.2) is 11.6 Å². The fourth-order valence-corrected chi connectivity index (χ4v) is 3.71. The van der Waals surface area contributed by atoms with Gasteiger partial charge in [-0.25, -0.2) is 15.0 Å². The molecule has 33 heavy (non-hydrogen) atoms. The number of hydrogen-bond acceptors (Lipinski definition) is 6. The number of para-hydroxylation sites is 1. The molecule has 0 saturated heterocycles. The van der Waals surface area contributed by atoms with Crippen LogP contribution in [0.25, 0.3) is 22.3 Å². The molecule has 5 aromatic rings. The van der Waals surface area contributed by atoms with Crippen molar-refractivity contribution < 1.29 is 0 Å². The molecule has 6 nitrogen and oxygen atoms in total. The van der Waals surface area contributed by atoms with E-state index < -0.39 is 0 Å². The zero-order valence-corrected chi connectivity index (χ0v) is 18.1. The highest BCUT2D eigenvalue weighted by Gasteiger charge is 2.13. The molecule has 0 fully saturated rings. The third-order valence-electron chi connectivity index (χ3n) is 5.37. The normalized spacial score (nSPS) is 10.8. The molecule has 162 valence electrons. The van der Waals surface area contributed by atoms with Crippen LogP contribution < -0.4 is 10.6 Å². The molecule has 5 rings (SSSR count). The standard InChI is InChI=1S/C27H24N6/c1-3-8-20(9-4-1)10-7-16-29-26-23-15-19-30-27(31-22-11-5-2-6-12-22)24(23)32-25(33-26)21-13-17-28-18-14-21/h1-6,8-9,11-15,17-19H,7,10,16H2,(H,30,31)(H,29,32,33). The molecule has 0 radical (unpaired) electrons. The lowest BCUT2D eigenvalue weighted by molar-refractivity contribution is 0.860. The maximum atomic E-state index is 4.87. The lowest BCUT2D eigenvalue weighted by Crippen LogP contribution is -2.08. The van der Waals surface area contributed by atoms with Crippen molar-refractivity contribution >= 4 is 28.2 Å². The fourth-order valence-electron chi connectivity index (χ4n) is 3.71. The van der Waals surface area contributed by atoms with Crippen molar-refractivity contribution in [1.82, 2.24) is 19.9 Å². The maximum absolute atomic E-state index is 4.87. The van der Waals surface area contributed by atoms with Gasteiger partial charge < -0.3 is 10.6 Å². The Morgan fingerprint density at radius 2 is 1.45 bits per heavy atom. The highest BCUT2D eigenvalue weighted by atomic mass is 15.1. The molecular weight excluding hydrogens is 408 g/mol. The number of fused-ring (bicyclic) bond motifs is 1. The lowest BCUT2D eigenvalue weighted by Gasteiger charge is -2.14. The van der Waals surface area contributed by atoms with Gasteiger partial charge in [-0.05, 0) is 48.7 Å². The fraction of sp³-hybridized carbons (Fsp3) is 0.111. The Kier molecular flexibility index (Phi) is 6.15. The van der Waals surface area contributed by atoms with Crippen molar-refractivity contribution in [3.05, 3.63) is 103 Å². The van der Waals surface area contributed by atoms with E-state index in [9.17, 15) is 0 Å². The van der Waals surface area contributed by atoms with E-state index in [1.165, 1.54) is 5.56 Å². The van der Waals surface area contributed by atoms with Crippen LogP contribution >= 0.6 is 0 Å². The monoisotopic (exact) mass is 432 g/mol. The van der Waals surface area contributed by atoms with Gasteiger partial charge in [-0.3, -0.25) is 4.98 Å². The zero-order chi connectivity index (χ0) is 22.3. The van der Waals surface area contributed by atoms with Crippen LogP contribution in [0.1, 0.15) is 12.0 Å². The Labute approximate surface area is 192 Å². The number of nitrogens with zero attached hydrogens (tertiary/aromatic N) is 4.